The summed E-state index contributed by atoms with van der Waals surface area (Å²) in [6, 6.07) is 27.2. The zero-order valence-corrected chi connectivity index (χ0v) is 24.6. The number of anilines is 2. The molecule has 2 atom stereocenters. The zero-order chi connectivity index (χ0) is 31.4. The first kappa shape index (κ1) is 30.0. The maximum atomic E-state index is 13.9. The van der Waals surface area contributed by atoms with Gasteiger partial charge in [-0.3, -0.25) is 20.2 Å². The van der Waals surface area contributed by atoms with Crippen LogP contribution in [0.15, 0.2) is 108 Å². The van der Waals surface area contributed by atoms with Gasteiger partial charge in [0.25, 0.3) is 11.4 Å². The van der Waals surface area contributed by atoms with Gasteiger partial charge >= 0.3 is 5.97 Å². The molecule has 1 aliphatic rings. The van der Waals surface area contributed by atoms with E-state index in [2.05, 4.69) is 5.32 Å². The first-order valence-electron chi connectivity index (χ1n) is 14.2. The van der Waals surface area contributed by atoms with E-state index >= 15 is 0 Å². The van der Waals surface area contributed by atoms with E-state index in [1.807, 2.05) is 67.3 Å². The van der Waals surface area contributed by atoms with Crippen molar-refractivity contribution in [1.29, 1.82) is 0 Å². The van der Waals surface area contributed by atoms with Crippen molar-refractivity contribution < 1.29 is 19.4 Å². The normalized spacial score (nSPS) is 16.4. The molecule has 1 aliphatic heterocycles. The molecule has 0 fully saturated rings. The summed E-state index contributed by atoms with van der Waals surface area (Å²) in [4.78, 5) is 38.4. The van der Waals surface area contributed by atoms with Crippen LogP contribution in [0.5, 0.6) is 0 Å². The molecule has 1 N–H and O–H groups in total. The lowest BCUT2D eigenvalue weighted by Crippen LogP contribution is -2.41. The molecule has 1 heterocycles. The number of nitrogens with zero attached hydrogens (tertiary/aromatic N) is 3. The molecule has 10 nitrogen and oxygen atoms in total. The van der Waals surface area contributed by atoms with Gasteiger partial charge in [0.05, 0.1) is 34.1 Å². The Labute approximate surface area is 254 Å². The van der Waals surface area contributed by atoms with Crippen LogP contribution in [-0.4, -0.2) is 22.4 Å². The Morgan fingerprint density at radius 1 is 0.841 bits per heavy atom. The van der Waals surface area contributed by atoms with Gasteiger partial charge in [-0.1, -0.05) is 71.8 Å². The van der Waals surface area contributed by atoms with E-state index in [1.165, 1.54) is 24.3 Å². The monoisotopic (exact) mass is 592 g/mol. The Bertz CT molecular complexity index is 1730. The van der Waals surface area contributed by atoms with Crippen LogP contribution in [0, 0.1) is 34.1 Å². The Kier molecular flexibility index (Phi) is 8.71. The van der Waals surface area contributed by atoms with E-state index in [4.69, 9.17) is 4.74 Å². The second kappa shape index (κ2) is 12.8. The molecule has 224 valence electrons. The molecule has 0 aliphatic carbocycles. The third-order valence-electron chi connectivity index (χ3n) is 7.65. The minimum Gasteiger partial charge on any atom is -0.463 e. The number of hydrogen-bond acceptors (Lipinski definition) is 8. The standard InChI is InChI=1S/C34H32N4O6/c1-4-44-34(39)32-30(35-26-7-5-9-28(19-26)37(40)41)21-31(24-15-11-22(2)12-16-24)36(27-8-6-10-29(20-27)38(42)43)33(32)25-17-13-23(3)14-18-25/h5-20,31,33,35H,4,21H2,1-3H3/t31-,33+/m0/s1. The third-order valence-corrected chi connectivity index (χ3v) is 7.65. The Balaban J connectivity index is 1.80. The lowest BCUT2D eigenvalue weighted by atomic mass is 9.83. The largest absolute Gasteiger partial charge is 0.463 e. The lowest BCUT2D eigenvalue weighted by molar-refractivity contribution is -0.385. The number of nitrogens with one attached hydrogen (secondary N) is 1. The van der Waals surface area contributed by atoms with E-state index in [1.54, 1.807) is 31.2 Å². The van der Waals surface area contributed by atoms with Crippen LogP contribution in [-0.2, 0) is 9.53 Å². The summed E-state index contributed by atoms with van der Waals surface area (Å²) in [6.07, 6.45) is 0.283. The highest BCUT2D eigenvalue weighted by atomic mass is 16.6. The number of esters is 1. The number of carbonyl (C=O) groups is 1. The summed E-state index contributed by atoms with van der Waals surface area (Å²) in [5.41, 5.74) is 5.51. The van der Waals surface area contributed by atoms with Crippen LogP contribution >= 0.6 is 0 Å². The van der Waals surface area contributed by atoms with E-state index < -0.39 is 21.9 Å². The van der Waals surface area contributed by atoms with Gasteiger partial charge in [0.2, 0.25) is 0 Å². The quantitative estimate of drug-likeness (QED) is 0.119. The predicted molar refractivity (Wildman–Crippen MR) is 168 cm³/mol. The number of aryl methyl sites for hydroxylation is 2. The molecule has 0 radical (unpaired) electrons. The number of hydrogen-bond donors (Lipinski definition) is 1. The summed E-state index contributed by atoms with van der Waals surface area (Å²) >= 11 is 0. The first-order valence-corrected chi connectivity index (χ1v) is 14.2. The van der Waals surface area contributed by atoms with E-state index in [0.717, 1.165) is 22.3 Å². The van der Waals surface area contributed by atoms with Crippen molar-refractivity contribution in [2.75, 3.05) is 16.8 Å². The van der Waals surface area contributed by atoms with Gasteiger partial charge in [0.1, 0.15) is 0 Å². The highest BCUT2D eigenvalue weighted by Crippen LogP contribution is 2.48. The molecule has 0 bridgehead atoms. The van der Waals surface area contributed by atoms with Crippen molar-refractivity contribution in [3.63, 3.8) is 0 Å². The summed E-state index contributed by atoms with van der Waals surface area (Å²) in [7, 11) is 0. The fourth-order valence-corrected chi connectivity index (χ4v) is 5.56. The van der Waals surface area contributed by atoms with Crippen molar-refractivity contribution in [2.24, 2.45) is 0 Å². The Hall–Kier alpha value is -5.51. The highest BCUT2D eigenvalue weighted by molar-refractivity contribution is 5.93. The summed E-state index contributed by atoms with van der Waals surface area (Å²) in [5.74, 6) is -0.552. The van der Waals surface area contributed by atoms with E-state index in [0.29, 0.717) is 22.6 Å². The molecule has 5 rings (SSSR count). The molecule has 0 amide bonds. The molecule has 4 aromatic carbocycles. The number of non-ortho nitro benzene ring substituents is 2. The Morgan fingerprint density at radius 3 is 2.00 bits per heavy atom. The smallest absolute Gasteiger partial charge is 0.338 e. The van der Waals surface area contributed by atoms with Crippen LogP contribution in [0.3, 0.4) is 0 Å². The summed E-state index contributed by atoms with van der Waals surface area (Å²) in [5, 5.41) is 26.7. The SMILES string of the molecule is CCOC(=O)C1=C(Nc2cccc([N+](=O)[O-])c2)C[C@@H](c2ccc(C)cc2)N(c2cccc([N+](=O)[O-])c2)[C@@H]1c1ccc(C)cc1. The second-order valence-corrected chi connectivity index (χ2v) is 10.7. The molecule has 0 spiro atoms. The molecule has 0 saturated carbocycles. The van der Waals surface area contributed by atoms with Crippen LogP contribution in [0.2, 0.25) is 0 Å². The van der Waals surface area contributed by atoms with Crippen molar-refractivity contribution in [3.8, 4) is 0 Å². The number of benzene rings is 4. The molecule has 44 heavy (non-hydrogen) atoms. The minimum absolute atomic E-state index is 0.0741. The molecule has 0 aromatic heterocycles. The van der Waals surface area contributed by atoms with E-state index in [9.17, 15) is 25.0 Å². The van der Waals surface area contributed by atoms with Crippen molar-refractivity contribution in [3.05, 3.63) is 151 Å². The van der Waals surface area contributed by atoms with Gasteiger partial charge in [-0.05, 0) is 44.0 Å². The molecule has 0 unspecified atom stereocenters. The average Bonchev–Trinajstić information content (AvgIpc) is 3.01. The van der Waals surface area contributed by atoms with Gasteiger partial charge in [-0.15, -0.1) is 0 Å². The van der Waals surface area contributed by atoms with Crippen LogP contribution < -0.4 is 10.2 Å². The third kappa shape index (κ3) is 6.29. The van der Waals surface area contributed by atoms with Gasteiger partial charge < -0.3 is 15.0 Å². The number of ether oxygens (including phenoxy) is 1. The molecule has 0 saturated heterocycles. The van der Waals surface area contributed by atoms with Crippen LogP contribution in [0.1, 0.15) is 47.7 Å². The number of rotatable bonds is 9. The van der Waals surface area contributed by atoms with Crippen LogP contribution in [0.25, 0.3) is 0 Å². The predicted octanol–water partition coefficient (Wildman–Crippen LogP) is 7.74. The fourth-order valence-electron chi connectivity index (χ4n) is 5.56. The molecule has 10 heteroatoms. The van der Waals surface area contributed by atoms with Crippen molar-refractivity contribution >= 4 is 28.7 Å². The lowest BCUT2D eigenvalue weighted by Gasteiger charge is -2.45. The topological polar surface area (TPSA) is 128 Å². The zero-order valence-electron chi connectivity index (χ0n) is 24.6. The van der Waals surface area contributed by atoms with Gasteiger partial charge in [0, 0.05) is 47.8 Å². The van der Waals surface area contributed by atoms with Crippen molar-refractivity contribution in [2.45, 2.75) is 39.3 Å². The fraction of sp³-hybridized carbons (Fsp3) is 0.206. The summed E-state index contributed by atoms with van der Waals surface area (Å²) < 4.78 is 5.61. The minimum atomic E-state index is -0.724. The highest BCUT2D eigenvalue weighted by Gasteiger charge is 2.42. The van der Waals surface area contributed by atoms with Gasteiger partial charge in [-0.25, -0.2) is 4.79 Å². The second-order valence-electron chi connectivity index (χ2n) is 10.7. The number of nitro benzene ring substituents is 2. The van der Waals surface area contributed by atoms with Crippen molar-refractivity contribution in [1.82, 2.24) is 0 Å². The number of carbonyl (C=O) groups excluding carboxylic acids is 1. The molecule has 4 aromatic rings. The van der Waals surface area contributed by atoms with Crippen LogP contribution in [0.4, 0.5) is 22.7 Å². The molecular weight excluding hydrogens is 560 g/mol. The van der Waals surface area contributed by atoms with Gasteiger partial charge in [-0.2, -0.15) is 0 Å². The maximum absolute atomic E-state index is 13.9. The first-order chi connectivity index (χ1) is 21.2. The van der Waals surface area contributed by atoms with Gasteiger partial charge in [0.15, 0.2) is 0 Å². The van der Waals surface area contributed by atoms with E-state index in [-0.39, 0.29) is 30.4 Å². The molecular formula is C34H32N4O6. The number of nitro groups is 2. The summed E-state index contributed by atoms with van der Waals surface area (Å²) in [6.45, 7) is 5.82. The Morgan fingerprint density at radius 2 is 1.41 bits per heavy atom. The maximum Gasteiger partial charge on any atom is 0.338 e. The average molecular weight is 593 g/mol.